The van der Waals surface area contributed by atoms with E-state index in [9.17, 15) is 84.3 Å². The van der Waals surface area contributed by atoms with Crippen molar-refractivity contribution in [3.63, 3.8) is 0 Å². The van der Waals surface area contributed by atoms with Crippen LogP contribution >= 0.6 is 0 Å². The number of unbranched alkanes of at least 4 members (excludes halogenated alkanes) is 5. The van der Waals surface area contributed by atoms with Gasteiger partial charge in [-0.15, -0.1) is 0 Å². The first-order chi connectivity index (χ1) is 37.8. The number of carbonyl (C=O) groups is 8. The van der Waals surface area contributed by atoms with Crippen molar-refractivity contribution in [3.8, 4) is 5.75 Å². The predicted octanol–water partition coefficient (Wildman–Crippen LogP) is -4.36. The van der Waals surface area contributed by atoms with Crippen LogP contribution in [0.2, 0.25) is 0 Å². The summed E-state index contributed by atoms with van der Waals surface area (Å²) >= 11 is 0. The number of rotatable bonds is 22. The highest BCUT2D eigenvalue weighted by molar-refractivity contribution is 5.98. The molecule has 19 N–H and O–H groups in total. The molecule has 17 unspecified atom stereocenters. The summed E-state index contributed by atoms with van der Waals surface area (Å²) in [5.41, 5.74) is 10.5. The van der Waals surface area contributed by atoms with Crippen LogP contribution < -0.4 is 38.1 Å². The average Bonchev–Trinajstić information content (AvgIpc) is 4.02. The van der Waals surface area contributed by atoms with Gasteiger partial charge >= 0.3 is 0 Å². The molecule has 3 fully saturated rings. The van der Waals surface area contributed by atoms with Gasteiger partial charge in [-0.3, -0.25) is 33.6 Å². The van der Waals surface area contributed by atoms with Gasteiger partial charge in [0.15, 0.2) is 6.23 Å². The predicted molar refractivity (Wildman–Crippen MR) is 286 cm³/mol. The van der Waals surface area contributed by atoms with Crippen molar-refractivity contribution in [2.24, 2.45) is 23.3 Å². The van der Waals surface area contributed by atoms with Gasteiger partial charge < -0.3 is 104 Å². The number of amides is 7. The Morgan fingerprint density at radius 3 is 1.94 bits per heavy atom. The Morgan fingerprint density at radius 1 is 0.750 bits per heavy atom. The third kappa shape index (κ3) is 20.8. The fourth-order valence-corrected chi connectivity index (χ4v) is 9.85. The summed E-state index contributed by atoms with van der Waals surface area (Å²) in [6.07, 6.45) is -8.01. The molecule has 0 aliphatic carbocycles. The van der Waals surface area contributed by atoms with Crippen LogP contribution in [0.4, 0.5) is 0 Å². The van der Waals surface area contributed by atoms with Crippen molar-refractivity contribution in [2.75, 3.05) is 26.2 Å². The maximum atomic E-state index is 14.4. The van der Waals surface area contributed by atoms with Crippen LogP contribution in [0.15, 0.2) is 24.3 Å². The monoisotopic (exact) mass is 1140 g/mol. The van der Waals surface area contributed by atoms with Crippen LogP contribution in [-0.2, 0) is 38.4 Å². The fourth-order valence-electron chi connectivity index (χ4n) is 9.85. The van der Waals surface area contributed by atoms with E-state index >= 15 is 0 Å². The van der Waals surface area contributed by atoms with Gasteiger partial charge in [0.25, 0.3) is 0 Å². The fraction of sp³-hybridized carbons (Fsp3) is 0.736. The van der Waals surface area contributed by atoms with Gasteiger partial charge in [-0.2, -0.15) is 0 Å². The number of aldehydes is 1. The Morgan fingerprint density at radius 2 is 1.35 bits per heavy atom. The molecule has 454 valence electrons. The number of aromatic hydroxyl groups is 1. The third-order valence-corrected chi connectivity index (χ3v) is 14.7. The van der Waals surface area contributed by atoms with Crippen molar-refractivity contribution >= 4 is 47.6 Å². The van der Waals surface area contributed by atoms with E-state index in [0.29, 0.717) is 31.0 Å². The Hall–Kier alpha value is -5.46. The molecule has 3 heterocycles. The Balaban J connectivity index is 0.00000264. The Bertz CT molecular complexity index is 2150. The number of carbonyl (C=O) groups excluding carboxylic acids is 8. The number of phenols is 1. The second kappa shape index (κ2) is 34.1. The van der Waals surface area contributed by atoms with Gasteiger partial charge in [-0.1, -0.05) is 77.8 Å². The molecule has 27 heteroatoms. The maximum Gasteiger partial charge on any atom is 0.248 e. The molecule has 3 aliphatic heterocycles. The number of benzene rings is 1. The largest absolute Gasteiger partial charge is 0.508 e. The van der Waals surface area contributed by atoms with Crippen molar-refractivity contribution in [2.45, 2.75) is 209 Å². The number of aliphatic hydroxyl groups is 9. The molecule has 0 aromatic heterocycles. The number of fused-ring (bicyclic) bond motifs is 2. The summed E-state index contributed by atoms with van der Waals surface area (Å²) in [7, 11) is 0. The highest BCUT2D eigenvalue weighted by Crippen LogP contribution is 2.27. The van der Waals surface area contributed by atoms with E-state index in [1.165, 1.54) is 18.6 Å². The van der Waals surface area contributed by atoms with E-state index in [1.54, 1.807) is 0 Å². The van der Waals surface area contributed by atoms with Crippen molar-refractivity contribution in [1.82, 2.24) is 36.4 Å². The molecule has 1 aromatic carbocycles. The normalized spacial score (nSPS) is 28.1. The van der Waals surface area contributed by atoms with E-state index < -0.39 is 152 Å². The van der Waals surface area contributed by atoms with Crippen molar-refractivity contribution in [1.29, 1.82) is 0 Å². The highest BCUT2D eigenvalue weighted by atomic mass is 16.3. The zero-order chi connectivity index (χ0) is 60.0. The lowest BCUT2D eigenvalue weighted by molar-refractivity contribution is -0.149. The first-order valence-electron chi connectivity index (χ1n) is 27.7. The Kier molecular flexibility index (Phi) is 29.3. The van der Waals surface area contributed by atoms with E-state index in [2.05, 4.69) is 47.4 Å². The van der Waals surface area contributed by atoms with Crippen molar-refractivity contribution in [3.05, 3.63) is 29.8 Å². The van der Waals surface area contributed by atoms with Crippen LogP contribution in [-0.4, -0.2) is 220 Å². The molecule has 3 aliphatic rings. The smallest absolute Gasteiger partial charge is 0.248 e. The molecule has 17 atom stereocenters. The molecular weight excluding hydrogens is 1050 g/mol. The summed E-state index contributed by atoms with van der Waals surface area (Å²) in [5.74, 6) is -6.88. The van der Waals surface area contributed by atoms with Gasteiger partial charge in [0.05, 0.1) is 37.1 Å². The molecule has 1 aromatic rings. The summed E-state index contributed by atoms with van der Waals surface area (Å²) < 4.78 is 0. The van der Waals surface area contributed by atoms with E-state index in [4.69, 9.17) is 16.6 Å². The summed E-state index contributed by atoms with van der Waals surface area (Å²) in [6, 6.07) is -7.40. The molecule has 27 nitrogen and oxygen atoms in total. The van der Waals surface area contributed by atoms with Crippen molar-refractivity contribution < 1.29 is 89.4 Å². The van der Waals surface area contributed by atoms with Crippen LogP contribution in [0.5, 0.6) is 5.75 Å². The standard InChI is InChI=1S/C50H82N8O16.C3H7NO2/c1-5-26(2)22-27(3)12-10-8-6-7-9-11-13-37(65)52-32-24-36(64)46(70)56-48(72)41-35(63)19-21-57(41)50(74)39(34(62)18-20-51)54-47(71)40(43(67)42(66)29-14-16-30(60)17-15-29)55-45(69)33-23-31(61)25-58(33)49(73)38(28(4)59)53-44(32)68;4-3(1-5)2-6/h14-17,26-28,31-36,38-43,46,59-64,66-67,70H,5-13,18-25,51H2,1-4H3,(H,52,65)(H,53,68)(H,54,71)(H,55,69)(H,56,72);1,3,6H,2,4H2. The molecular formula is C53H89N9O18. The summed E-state index contributed by atoms with van der Waals surface area (Å²) in [4.78, 5) is 110. The van der Waals surface area contributed by atoms with Gasteiger partial charge in [0, 0.05) is 32.4 Å². The molecule has 7 amide bonds. The van der Waals surface area contributed by atoms with Crippen LogP contribution in [0.1, 0.15) is 129 Å². The Labute approximate surface area is 466 Å². The SMILES string of the molecule is CCC(C)CC(C)CCCCCCCCC(=O)NC1CC(O)C(O)NC(=O)C2C(O)CCN2C(=O)C(C(O)CCN)NC(=O)C(C(O)C(O)c2ccc(O)cc2)NC(=O)C2CC(O)CN2C(=O)C(C(C)O)NC1=O.NC(C=O)CO. The molecule has 0 spiro atoms. The molecule has 80 heavy (non-hydrogen) atoms. The number of nitrogens with two attached hydrogens (primary N) is 2. The third-order valence-electron chi connectivity index (χ3n) is 14.7. The second-order valence-corrected chi connectivity index (χ2v) is 21.5. The minimum absolute atomic E-state index is 0.0598. The van der Waals surface area contributed by atoms with Crippen LogP contribution in [0.3, 0.4) is 0 Å². The van der Waals surface area contributed by atoms with Crippen LogP contribution in [0.25, 0.3) is 0 Å². The quantitative estimate of drug-likeness (QED) is 0.0385. The topological polar surface area (TPSA) is 458 Å². The summed E-state index contributed by atoms with van der Waals surface area (Å²) in [6.45, 7) is 6.41. The molecule has 4 rings (SSSR count). The zero-order valence-corrected chi connectivity index (χ0v) is 46.2. The number of nitrogens with one attached hydrogen (secondary N) is 5. The minimum atomic E-state index is -2.29. The van der Waals surface area contributed by atoms with Gasteiger partial charge in [0.1, 0.15) is 66.6 Å². The minimum Gasteiger partial charge on any atom is -0.508 e. The molecule has 0 radical (unpaired) electrons. The average molecular weight is 1140 g/mol. The maximum absolute atomic E-state index is 14.4. The highest BCUT2D eigenvalue weighted by Gasteiger charge is 2.49. The van der Waals surface area contributed by atoms with Crippen LogP contribution in [0, 0.1) is 11.8 Å². The zero-order valence-electron chi connectivity index (χ0n) is 46.2. The van der Waals surface area contributed by atoms with E-state index in [0.717, 1.165) is 67.4 Å². The van der Waals surface area contributed by atoms with Gasteiger partial charge in [-0.05, 0) is 68.7 Å². The lowest BCUT2D eigenvalue weighted by Crippen LogP contribution is -2.64. The second-order valence-electron chi connectivity index (χ2n) is 21.5. The lowest BCUT2D eigenvalue weighted by atomic mass is 9.91. The number of hydrogen-bond acceptors (Lipinski definition) is 20. The van der Waals surface area contributed by atoms with E-state index in [-0.39, 0.29) is 50.3 Å². The van der Waals surface area contributed by atoms with Gasteiger partial charge in [-0.25, -0.2) is 0 Å². The van der Waals surface area contributed by atoms with Gasteiger partial charge in [0.2, 0.25) is 41.4 Å². The first kappa shape index (κ1) is 68.8. The molecule has 3 saturated heterocycles. The summed E-state index contributed by atoms with van der Waals surface area (Å²) in [5, 5.41) is 119. The molecule has 0 saturated carbocycles. The molecule has 0 bridgehead atoms. The number of nitrogens with zero attached hydrogens (tertiary/aromatic N) is 2. The lowest BCUT2D eigenvalue weighted by Gasteiger charge is -2.34. The number of phenolic OH excluding ortho intramolecular Hbond substituents is 1. The first-order valence-corrected chi connectivity index (χ1v) is 27.7. The van der Waals surface area contributed by atoms with E-state index in [1.807, 2.05) is 0 Å². The number of hydrogen-bond donors (Lipinski definition) is 17. The number of aliphatic hydroxyl groups excluding tert-OH is 9.